The average molecular weight is 373 g/mol. The van der Waals surface area contributed by atoms with E-state index in [0.717, 1.165) is 30.8 Å². The minimum Gasteiger partial charge on any atom is -0.444 e. The van der Waals surface area contributed by atoms with E-state index in [-0.39, 0.29) is 17.7 Å². The van der Waals surface area contributed by atoms with Crippen molar-refractivity contribution in [3.63, 3.8) is 0 Å². The van der Waals surface area contributed by atoms with Crippen LogP contribution < -0.4 is 5.32 Å². The molecule has 27 heavy (non-hydrogen) atoms. The van der Waals surface area contributed by atoms with Crippen LogP contribution in [0.5, 0.6) is 0 Å². The Morgan fingerprint density at radius 3 is 2.81 bits per heavy atom. The van der Waals surface area contributed by atoms with Crippen LogP contribution in [0.1, 0.15) is 17.3 Å². The first-order valence-corrected chi connectivity index (χ1v) is 8.70. The van der Waals surface area contributed by atoms with Gasteiger partial charge in [0.2, 0.25) is 5.89 Å². The predicted molar refractivity (Wildman–Crippen MR) is 94.3 cm³/mol. The van der Waals surface area contributed by atoms with Gasteiger partial charge in [0.15, 0.2) is 11.6 Å². The summed E-state index contributed by atoms with van der Waals surface area (Å²) in [5.41, 5.74) is 1.95. The minimum atomic E-state index is -0.944. The van der Waals surface area contributed by atoms with Gasteiger partial charge in [-0.3, -0.25) is 4.90 Å². The molecule has 0 saturated carbocycles. The smallest absolute Gasteiger partial charge is 0.226 e. The van der Waals surface area contributed by atoms with Crippen molar-refractivity contribution in [3.8, 4) is 11.5 Å². The van der Waals surface area contributed by atoms with Crippen molar-refractivity contribution < 1.29 is 17.6 Å². The van der Waals surface area contributed by atoms with Crippen LogP contribution >= 0.6 is 0 Å². The molecule has 1 saturated heterocycles. The van der Waals surface area contributed by atoms with Gasteiger partial charge in [0.25, 0.3) is 0 Å². The van der Waals surface area contributed by atoms with Gasteiger partial charge in [-0.15, -0.1) is 0 Å². The van der Waals surface area contributed by atoms with Crippen LogP contribution in [-0.4, -0.2) is 29.5 Å². The Morgan fingerprint density at radius 2 is 2.00 bits per heavy atom. The molecule has 0 bridgehead atoms. The molecule has 4 nitrogen and oxygen atoms in total. The molecule has 1 atom stereocenters. The molecule has 7 heteroatoms. The van der Waals surface area contributed by atoms with Gasteiger partial charge in [-0.05, 0) is 35.9 Å². The van der Waals surface area contributed by atoms with Crippen LogP contribution in [0, 0.1) is 17.5 Å². The summed E-state index contributed by atoms with van der Waals surface area (Å²) in [6.07, 6.45) is 1.52. The molecule has 1 fully saturated rings. The fraction of sp³-hybridized carbons (Fsp3) is 0.250. The summed E-state index contributed by atoms with van der Waals surface area (Å²) in [6.45, 7) is 2.81. The Kier molecular flexibility index (Phi) is 4.96. The third-order valence-corrected chi connectivity index (χ3v) is 4.67. The van der Waals surface area contributed by atoms with E-state index < -0.39 is 11.6 Å². The monoisotopic (exact) mass is 373 g/mol. The van der Waals surface area contributed by atoms with E-state index >= 15 is 0 Å². The lowest BCUT2D eigenvalue weighted by atomic mass is 10.0. The number of nitrogens with one attached hydrogen (secondary N) is 1. The van der Waals surface area contributed by atoms with Gasteiger partial charge >= 0.3 is 0 Å². The summed E-state index contributed by atoms with van der Waals surface area (Å²) in [7, 11) is 0. The van der Waals surface area contributed by atoms with Gasteiger partial charge in [0.1, 0.15) is 12.1 Å². The zero-order valence-corrected chi connectivity index (χ0v) is 14.5. The van der Waals surface area contributed by atoms with Crippen molar-refractivity contribution in [2.45, 2.75) is 12.6 Å². The average Bonchev–Trinajstić information content (AvgIpc) is 3.13. The highest BCUT2D eigenvalue weighted by molar-refractivity contribution is 5.53. The Hall–Kier alpha value is -2.64. The van der Waals surface area contributed by atoms with Crippen LogP contribution in [0.4, 0.5) is 13.2 Å². The number of rotatable bonds is 4. The fourth-order valence-electron chi connectivity index (χ4n) is 3.33. The highest BCUT2D eigenvalue weighted by Gasteiger charge is 2.25. The van der Waals surface area contributed by atoms with Crippen LogP contribution in [0.3, 0.4) is 0 Å². The Morgan fingerprint density at radius 1 is 1.11 bits per heavy atom. The van der Waals surface area contributed by atoms with Gasteiger partial charge in [-0.2, -0.15) is 0 Å². The van der Waals surface area contributed by atoms with E-state index in [2.05, 4.69) is 15.2 Å². The van der Waals surface area contributed by atoms with E-state index in [1.54, 1.807) is 12.1 Å². The predicted octanol–water partition coefficient (Wildman–Crippen LogP) is 3.91. The standard InChI is InChI=1S/C20H18F3N3O/c21-15-3-1-2-13(8-15)19-10-24-6-7-26(19)11-16-12-27-20(25-16)14-4-5-17(22)18(23)9-14/h1-5,8-9,12,19,24H,6-7,10-11H2. The van der Waals surface area contributed by atoms with Gasteiger partial charge in [0, 0.05) is 37.8 Å². The number of hydrogen-bond acceptors (Lipinski definition) is 4. The van der Waals surface area contributed by atoms with Crippen molar-refractivity contribution in [1.29, 1.82) is 0 Å². The number of piperazine rings is 1. The summed E-state index contributed by atoms with van der Waals surface area (Å²) >= 11 is 0. The van der Waals surface area contributed by atoms with Gasteiger partial charge < -0.3 is 9.73 Å². The molecule has 1 aromatic heterocycles. The molecule has 3 aromatic rings. The molecule has 0 aliphatic carbocycles. The molecule has 2 aromatic carbocycles. The Bertz CT molecular complexity index is 944. The van der Waals surface area contributed by atoms with Crippen molar-refractivity contribution >= 4 is 0 Å². The molecule has 1 N–H and O–H groups in total. The minimum absolute atomic E-state index is 0.0119. The molecule has 140 valence electrons. The number of aromatic nitrogens is 1. The summed E-state index contributed by atoms with van der Waals surface area (Å²) in [5.74, 6) is -1.88. The molecule has 4 rings (SSSR count). The molecule has 1 aliphatic rings. The highest BCUT2D eigenvalue weighted by Crippen LogP contribution is 2.26. The van der Waals surface area contributed by atoms with Gasteiger partial charge in [-0.1, -0.05) is 12.1 Å². The normalized spacial score (nSPS) is 18.0. The van der Waals surface area contributed by atoms with E-state index in [9.17, 15) is 13.2 Å². The first-order chi connectivity index (χ1) is 13.1. The summed E-state index contributed by atoms with van der Waals surface area (Å²) in [6, 6.07) is 10.1. The summed E-state index contributed by atoms with van der Waals surface area (Å²) in [5, 5.41) is 3.33. The lowest BCUT2D eigenvalue weighted by molar-refractivity contribution is 0.151. The maximum atomic E-state index is 13.6. The highest BCUT2D eigenvalue weighted by atomic mass is 19.2. The SMILES string of the molecule is Fc1cccc(C2CNCCN2Cc2coc(-c3ccc(F)c(F)c3)n2)c1. The maximum Gasteiger partial charge on any atom is 0.226 e. The van der Waals surface area contributed by atoms with Crippen molar-refractivity contribution in [3.05, 3.63) is 77.4 Å². The lowest BCUT2D eigenvalue weighted by Crippen LogP contribution is -2.45. The van der Waals surface area contributed by atoms with Crippen molar-refractivity contribution in [2.75, 3.05) is 19.6 Å². The summed E-state index contributed by atoms with van der Waals surface area (Å²) in [4.78, 5) is 6.59. The van der Waals surface area contributed by atoms with E-state index in [1.165, 1.54) is 18.4 Å². The third-order valence-electron chi connectivity index (χ3n) is 4.67. The molecule has 1 unspecified atom stereocenters. The van der Waals surface area contributed by atoms with Crippen LogP contribution in [0.25, 0.3) is 11.5 Å². The van der Waals surface area contributed by atoms with E-state index in [4.69, 9.17) is 4.42 Å². The molecule has 1 aliphatic heterocycles. The molecule has 0 amide bonds. The number of benzene rings is 2. The van der Waals surface area contributed by atoms with Crippen LogP contribution in [0.2, 0.25) is 0 Å². The van der Waals surface area contributed by atoms with Crippen molar-refractivity contribution in [2.24, 2.45) is 0 Å². The van der Waals surface area contributed by atoms with Crippen LogP contribution in [0.15, 0.2) is 53.1 Å². The maximum absolute atomic E-state index is 13.6. The molecule has 0 radical (unpaired) electrons. The number of nitrogens with zero attached hydrogens (tertiary/aromatic N) is 2. The number of hydrogen-bond donors (Lipinski definition) is 1. The second kappa shape index (κ2) is 7.54. The summed E-state index contributed by atoms with van der Waals surface area (Å²) < 4.78 is 45.6. The Balaban J connectivity index is 1.54. The molecular formula is C20H18F3N3O. The Labute approximate surface area is 154 Å². The topological polar surface area (TPSA) is 41.3 Å². The molecule has 2 heterocycles. The second-order valence-electron chi connectivity index (χ2n) is 6.52. The van der Waals surface area contributed by atoms with Crippen molar-refractivity contribution in [1.82, 2.24) is 15.2 Å². The molecule has 0 spiro atoms. The molecular weight excluding hydrogens is 355 g/mol. The number of oxazole rings is 1. The first kappa shape index (κ1) is 17.8. The quantitative estimate of drug-likeness (QED) is 0.753. The lowest BCUT2D eigenvalue weighted by Gasteiger charge is -2.36. The van der Waals surface area contributed by atoms with Crippen LogP contribution in [-0.2, 0) is 6.54 Å². The van der Waals surface area contributed by atoms with Gasteiger partial charge in [0.05, 0.1) is 5.69 Å². The largest absolute Gasteiger partial charge is 0.444 e. The third kappa shape index (κ3) is 3.89. The van der Waals surface area contributed by atoms with Gasteiger partial charge in [-0.25, -0.2) is 18.2 Å². The second-order valence-corrected chi connectivity index (χ2v) is 6.52. The number of halogens is 3. The fourth-order valence-corrected chi connectivity index (χ4v) is 3.33. The first-order valence-electron chi connectivity index (χ1n) is 8.70. The zero-order valence-electron chi connectivity index (χ0n) is 14.5. The van der Waals surface area contributed by atoms with E-state index in [1.807, 2.05) is 6.07 Å². The van der Waals surface area contributed by atoms with E-state index in [0.29, 0.717) is 24.3 Å². The zero-order chi connectivity index (χ0) is 18.8.